The average Bonchev–Trinajstić information content (AvgIpc) is 3.85. The van der Waals surface area contributed by atoms with Crippen LogP contribution in [0.3, 0.4) is 0 Å². The third kappa shape index (κ3) is 6.69. The van der Waals surface area contributed by atoms with Gasteiger partial charge in [0.15, 0.2) is 0 Å². The molecule has 7 nitrogen and oxygen atoms in total. The van der Waals surface area contributed by atoms with Crippen molar-refractivity contribution in [1.82, 2.24) is 9.55 Å². The maximum Gasteiger partial charge on any atom is 0.250 e. The minimum absolute atomic E-state index is 0.0843. The third-order valence-corrected chi connectivity index (χ3v) is 9.54. The van der Waals surface area contributed by atoms with Crippen molar-refractivity contribution < 1.29 is 8.83 Å². The standard InChI is InChI=1S/C27H18N2O2.C20H11ClN2O/c1-28-22-18-29(17-19-11-5-2-6-12-19)27-24(25(22)30)23(20-13-7-3-8-14-20)26(31-27)21-15-9-4-10-16-21;1-22-15-12-23-20-17(18(15)21)16(13-8-4-2-5-9-13)19(24-20)14-10-6-3-7-11-14/h2-16,18H,17H2;2-12H. The van der Waals surface area contributed by atoms with Crippen LogP contribution in [0.4, 0.5) is 11.4 Å². The fourth-order valence-electron chi connectivity index (χ4n) is 6.64. The van der Waals surface area contributed by atoms with E-state index in [0.717, 1.165) is 38.9 Å². The van der Waals surface area contributed by atoms with E-state index in [1.807, 2.05) is 156 Å². The van der Waals surface area contributed by atoms with Gasteiger partial charge in [-0.25, -0.2) is 14.7 Å². The number of rotatable bonds is 6. The molecule has 0 saturated carbocycles. The van der Waals surface area contributed by atoms with Gasteiger partial charge in [0.25, 0.3) is 0 Å². The number of aromatic nitrogens is 2. The summed E-state index contributed by atoms with van der Waals surface area (Å²) in [6.07, 6.45) is 3.04. The van der Waals surface area contributed by atoms with Crippen LogP contribution in [0.5, 0.6) is 0 Å². The van der Waals surface area contributed by atoms with E-state index < -0.39 is 0 Å². The number of hydrogen-bond donors (Lipinski definition) is 0. The van der Waals surface area contributed by atoms with E-state index in [9.17, 15) is 4.79 Å². The van der Waals surface area contributed by atoms with Gasteiger partial charge in [0.1, 0.15) is 11.5 Å². The lowest BCUT2D eigenvalue weighted by Crippen LogP contribution is -2.09. The highest BCUT2D eigenvalue weighted by Gasteiger charge is 2.24. The lowest BCUT2D eigenvalue weighted by atomic mass is 9.99. The molecule has 0 aliphatic heterocycles. The minimum Gasteiger partial charge on any atom is -0.439 e. The molecule has 0 N–H and O–H groups in total. The van der Waals surface area contributed by atoms with Crippen molar-refractivity contribution in [1.29, 1.82) is 0 Å². The third-order valence-electron chi connectivity index (χ3n) is 9.16. The molecule has 0 bridgehead atoms. The molecule has 0 amide bonds. The van der Waals surface area contributed by atoms with Gasteiger partial charge >= 0.3 is 0 Å². The van der Waals surface area contributed by atoms with Crippen LogP contribution in [0.1, 0.15) is 5.56 Å². The average molecular weight is 733 g/mol. The first kappa shape index (κ1) is 34.6. The second kappa shape index (κ2) is 15.3. The smallest absolute Gasteiger partial charge is 0.250 e. The fraction of sp³-hybridized carbons (Fsp3) is 0.0213. The predicted molar refractivity (Wildman–Crippen MR) is 219 cm³/mol. The highest BCUT2D eigenvalue weighted by atomic mass is 35.5. The van der Waals surface area contributed by atoms with Crippen molar-refractivity contribution in [3.05, 3.63) is 208 Å². The molecular formula is C47H29ClN4O3. The molecule has 0 radical (unpaired) electrons. The number of fused-ring (bicyclic) bond motifs is 2. The Morgan fingerprint density at radius 3 is 1.55 bits per heavy atom. The maximum absolute atomic E-state index is 13.3. The molecule has 0 unspecified atom stereocenters. The monoisotopic (exact) mass is 732 g/mol. The lowest BCUT2D eigenvalue weighted by molar-refractivity contribution is 0.586. The van der Waals surface area contributed by atoms with Gasteiger partial charge in [0.2, 0.25) is 28.2 Å². The first-order chi connectivity index (χ1) is 27.1. The zero-order valence-electron chi connectivity index (χ0n) is 29.2. The van der Waals surface area contributed by atoms with Crippen LogP contribution in [0, 0.1) is 13.1 Å². The molecule has 5 aromatic carbocycles. The molecule has 0 atom stereocenters. The van der Waals surface area contributed by atoms with E-state index in [1.165, 1.54) is 6.20 Å². The first-order valence-corrected chi connectivity index (χ1v) is 17.7. The number of hydrogen-bond acceptors (Lipinski definition) is 4. The van der Waals surface area contributed by atoms with Gasteiger partial charge in [0, 0.05) is 41.2 Å². The minimum atomic E-state index is -0.306. The molecule has 4 heterocycles. The summed E-state index contributed by atoms with van der Waals surface area (Å²) in [5.74, 6) is 1.33. The highest BCUT2D eigenvalue weighted by Crippen LogP contribution is 2.45. The Morgan fingerprint density at radius 2 is 1.04 bits per heavy atom. The Labute approximate surface area is 321 Å². The fourth-order valence-corrected chi connectivity index (χ4v) is 6.91. The summed E-state index contributed by atoms with van der Waals surface area (Å²) in [6, 6.07) is 49.1. The molecule has 9 aromatic rings. The Kier molecular flexibility index (Phi) is 9.61. The summed E-state index contributed by atoms with van der Waals surface area (Å²) in [4.78, 5) is 24.6. The predicted octanol–water partition coefficient (Wildman–Crippen LogP) is 12.9. The molecule has 0 fully saturated rings. The van der Waals surface area contributed by atoms with Gasteiger partial charge in [-0.3, -0.25) is 0 Å². The largest absolute Gasteiger partial charge is 0.439 e. The van der Waals surface area contributed by atoms with E-state index in [-0.39, 0.29) is 11.1 Å². The van der Waals surface area contributed by atoms with E-state index in [1.54, 1.807) is 6.20 Å². The Balaban J connectivity index is 0.000000160. The zero-order valence-corrected chi connectivity index (χ0v) is 29.9. The SMILES string of the molecule is [C-]#[N+]c1cn(Cc2ccccc2)c2oc(-c3ccccc3)c(-c3ccccc3)c2c1=O.[C-]#[N+]c1cnc2oc(-c3ccccc3)c(-c3ccccc3)c2c1Cl. The summed E-state index contributed by atoms with van der Waals surface area (Å²) in [5, 5.41) is 1.49. The summed E-state index contributed by atoms with van der Waals surface area (Å²) in [5.41, 5.74) is 7.32. The first-order valence-electron chi connectivity index (χ1n) is 17.4. The number of benzene rings is 5. The molecule has 55 heavy (non-hydrogen) atoms. The number of halogens is 1. The van der Waals surface area contributed by atoms with Crippen molar-refractivity contribution >= 4 is 45.2 Å². The van der Waals surface area contributed by atoms with Crippen LogP contribution in [0.25, 0.3) is 76.8 Å². The molecule has 262 valence electrons. The Bertz CT molecular complexity index is 2930. The second-order valence-corrected chi connectivity index (χ2v) is 13.0. The molecule has 0 spiro atoms. The normalized spacial score (nSPS) is 10.7. The van der Waals surface area contributed by atoms with Crippen molar-refractivity contribution in [2.75, 3.05) is 0 Å². The summed E-state index contributed by atoms with van der Waals surface area (Å²) in [6.45, 7) is 15.3. The van der Waals surface area contributed by atoms with E-state index in [2.05, 4.69) is 14.7 Å². The molecule has 0 aliphatic rings. The van der Waals surface area contributed by atoms with Crippen LogP contribution in [-0.2, 0) is 6.54 Å². The zero-order chi connectivity index (χ0) is 37.7. The van der Waals surface area contributed by atoms with Crippen LogP contribution in [0.2, 0.25) is 5.02 Å². The van der Waals surface area contributed by atoms with Crippen molar-refractivity contribution in [3.8, 4) is 44.9 Å². The molecule has 9 rings (SSSR count). The molecular weight excluding hydrogens is 704 g/mol. The number of nitrogens with zero attached hydrogens (tertiary/aromatic N) is 4. The van der Waals surface area contributed by atoms with Crippen molar-refractivity contribution in [2.24, 2.45) is 0 Å². The van der Waals surface area contributed by atoms with Gasteiger partial charge in [-0.05, 0) is 16.7 Å². The topological polar surface area (TPSA) is 69.9 Å². The van der Waals surface area contributed by atoms with Crippen molar-refractivity contribution in [3.63, 3.8) is 0 Å². The van der Waals surface area contributed by atoms with Crippen LogP contribution >= 0.6 is 11.6 Å². The van der Waals surface area contributed by atoms with Gasteiger partial charge in [-0.15, -0.1) is 0 Å². The van der Waals surface area contributed by atoms with E-state index >= 15 is 0 Å². The van der Waals surface area contributed by atoms with Crippen LogP contribution < -0.4 is 5.43 Å². The van der Waals surface area contributed by atoms with Crippen LogP contribution in [0.15, 0.2) is 178 Å². The Hall–Kier alpha value is -7.45. The summed E-state index contributed by atoms with van der Waals surface area (Å²) >= 11 is 6.48. The second-order valence-electron chi connectivity index (χ2n) is 12.6. The van der Waals surface area contributed by atoms with Crippen molar-refractivity contribution in [2.45, 2.75) is 6.54 Å². The van der Waals surface area contributed by atoms with Gasteiger partial charge in [-0.1, -0.05) is 163 Å². The summed E-state index contributed by atoms with van der Waals surface area (Å²) in [7, 11) is 0. The van der Waals surface area contributed by atoms with E-state index in [0.29, 0.717) is 51.0 Å². The highest BCUT2D eigenvalue weighted by molar-refractivity contribution is 6.39. The summed E-state index contributed by atoms with van der Waals surface area (Å²) < 4.78 is 14.3. The molecule has 0 aliphatic carbocycles. The number of furan rings is 2. The maximum atomic E-state index is 13.3. The van der Waals surface area contributed by atoms with Gasteiger partial charge in [-0.2, -0.15) is 0 Å². The van der Waals surface area contributed by atoms with Gasteiger partial charge in [0.05, 0.1) is 28.9 Å². The molecule has 0 saturated heterocycles. The quantitative estimate of drug-likeness (QED) is 0.160. The Morgan fingerprint density at radius 1 is 0.582 bits per heavy atom. The van der Waals surface area contributed by atoms with Gasteiger partial charge < -0.3 is 18.2 Å². The van der Waals surface area contributed by atoms with E-state index in [4.69, 9.17) is 33.6 Å². The molecule has 4 aromatic heterocycles. The lowest BCUT2D eigenvalue weighted by Gasteiger charge is -2.09. The number of pyridine rings is 2. The van der Waals surface area contributed by atoms with Crippen LogP contribution in [-0.4, -0.2) is 9.55 Å². The molecule has 8 heteroatoms.